The summed E-state index contributed by atoms with van der Waals surface area (Å²) in [5, 5.41) is 5.33. The number of hydrogen-bond donors (Lipinski definition) is 3. The molecule has 0 unspecified atom stereocenters. The van der Waals surface area contributed by atoms with Crippen molar-refractivity contribution >= 4 is 11.8 Å². The van der Waals surface area contributed by atoms with Gasteiger partial charge in [-0.2, -0.15) is 0 Å². The number of hydrogen-bond acceptors (Lipinski definition) is 7. The lowest BCUT2D eigenvalue weighted by molar-refractivity contribution is -0.125. The van der Waals surface area contributed by atoms with E-state index in [0.717, 1.165) is 6.42 Å². The number of carbonyl (C=O) groups excluding carboxylic acids is 2. The predicted molar refractivity (Wildman–Crippen MR) is 83.5 cm³/mol. The van der Waals surface area contributed by atoms with Gasteiger partial charge < -0.3 is 24.8 Å². The molecule has 0 fully saturated rings. The Hall–Kier alpha value is -1.26. The zero-order valence-corrected chi connectivity index (χ0v) is 13.8. The van der Waals surface area contributed by atoms with E-state index < -0.39 is 0 Å². The third-order valence-electron chi connectivity index (χ3n) is 2.59. The Morgan fingerprint density at radius 1 is 0.826 bits per heavy atom. The Balaban J connectivity index is 3.05. The van der Waals surface area contributed by atoms with Crippen LogP contribution in [0.2, 0.25) is 0 Å². The molecule has 0 spiro atoms. The van der Waals surface area contributed by atoms with Crippen LogP contribution in [0.4, 0.5) is 0 Å². The quantitative estimate of drug-likeness (QED) is 0.243. The van der Waals surface area contributed by atoms with Crippen LogP contribution in [0.5, 0.6) is 0 Å². The maximum Gasteiger partial charge on any atom is 0.248 e. The lowest BCUT2D eigenvalue weighted by atomic mass is 10.4. The van der Waals surface area contributed by atoms with Crippen LogP contribution >= 0.6 is 0 Å². The fraction of sp³-hybridized carbons (Fsp3) is 0.857. The summed E-state index contributed by atoms with van der Waals surface area (Å²) in [4.78, 5) is 25.8. The Morgan fingerprint density at radius 3 is 1.78 bits per heavy atom. The van der Waals surface area contributed by atoms with E-state index in [4.69, 9.17) is 20.1 Å². The number of rotatable bonds is 16. The smallest absolute Gasteiger partial charge is 0.248 e. The van der Waals surface area contributed by atoms with Crippen molar-refractivity contribution in [1.29, 1.82) is 0 Å². The van der Waals surface area contributed by atoms with Crippen LogP contribution in [0.25, 0.3) is 0 Å². The molecule has 136 valence electrons. The van der Waals surface area contributed by atoms with Gasteiger partial charge in [0.15, 0.2) is 0 Å². The number of nitrogens with one attached hydrogen (secondary N) is 2. The fourth-order valence-corrected chi connectivity index (χ4v) is 1.51. The molecule has 0 aromatic heterocycles. The minimum atomic E-state index is -0.243. The molecule has 0 aliphatic carbocycles. The normalized spacial score (nSPS) is 10.5. The zero-order valence-electron chi connectivity index (χ0n) is 13.8. The second-order valence-corrected chi connectivity index (χ2v) is 4.69. The van der Waals surface area contributed by atoms with Gasteiger partial charge in [0.1, 0.15) is 6.61 Å². The highest BCUT2D eigenvalue weighted by molar-refractivity contribution is 5.77. The summed E-state index contributed by atoms with van der Waals surface area (Å²) in [6.07, 6.45) is 1.50. The Morgan fingerprint density at radius 2 is 1.30 bits per heavy atom. The number of amides is 2. The minimum absolute atomic E-state index is 0.0275. The molecule has 9 heteroatoms. The number of ether oxygens (including phenoxy) is 3. The largest absolute Gasteiger partial charge is 0.379 e. The third kappa shape index (κ3) is 18.7. The molecule has 0 saturated heterocycles. The van der Waals surface area contributed by atoms with Crippen LogP contribution in [0.1, 0.15) is 19.8 Å². The predicted octanol–water partition coefficient (Wildman–Crippen LogP) is -1.04. The maximum atomic E-state index is 11.0. The molecular weight excluding hydrogens is 306 g/mol. The minimum Gasteiger partial charge on any atom is -0.379 e. The van der Waals surface area contributed by atoms with Crippen LogP contribution in [0.15, 0.2) is 0 Å². The van der Waals surface area contributed by atoms with Gasteiger partial charge >= 0.3 is 0 Å². The van der Waals surface area contributed by atoms with Gasteiger partial charge in [-0.1, -0.05) is 0 Å². The summed E-state index contributed by atoms with van der Waals surface area (Å²) in [6.45, 7) is 5.69. The van der Waals surface area contributed by atoms with Crippen LogP contribution < -0.4 is 16.5 Å². The molecule has 23 heavy (non-hydrogen) atoms. The average Bonchev–Trinajstić information content (AvgIpc) is 2.51. The van der Waals surface area contributed by atoms with E-state index in [9.17, 15) is 9.59 Å². The third-order valence-corrected chi connectivity index (χ3v) is 2.59. The van der Waals surface area contributed by atoms with Crippen LogP contribution in [-0.4, -0.2) is 71.2 Å². The van der Waals surface area contributed by atoms with E-state index >= 15 is 0 Å². The fourth-order valence-electron chi connectivity index (χ4n) is 1.51. The van der Waals surface area contributed by atoms with E-state index in [1.54, 1.807) is 0 Å². The van der Waals surface area contributed by atoms with Gasteiger partial charge in [-0.3, -0.25) is 14.4 Å². The summed E-state index contributed by atoms with van der Waals surface area (Å²) in [5.74, 6) is 4.50. The number of nitrogens with two attached hydrogens (primary N) is 1. The second kappa shape index (κ2) is 17.1. The van der Waals surface area contributed by atoms with E-state index in [1.807, 2.05) is 0 Å². The summed E-state index contributed by atoms with van der Waals surface area (Å²) in [7, 11) is 0. The van der Waals surface area contributed by atoms with Crippen LogP contribution in [-0.2, 0) is 28.6 Å². The lowest BCUT2D eigenvalue weighted by Crippen LogP contribution is -2.30. The molecule has 2 amide bonds. The highest BCUT2D eigenvalue weighted by Crippen LogP contribution is 1.85. The van der Waals surface area contributed by atoms with E-state index in [1.165, 1.54) is 6.92 Å². The first-order chi connectivity index (χ1) is 11.2. The van der Waals surface area contributed by atoms with Crippen LogP contribution in [0, 0.1) is 0 Å². The van der Waals surface area contributed by atoms with Gasteiger partial charge in [0.2, 0.25) is 11.8 Å². The van der Waals surface area contributed by atoms with Crippen molar-refractivity contribution in [3.05, 3.63) is 0 Å². The first kappa shape index (κ1) is 21.7. The SMILES string of the molecule is CC(=O)NCCCOCCOCCOCCCNC(=O)CON. The highest BCUT2D eigenvalue weighted by atomic mass is 16.6. The lowest BCUT2D eigenvalue weighted by Gasteiger charge is -2.07. The summed E-state index contributed by atoms with van der Waals surface area (Å²) in [5.41, 5.74) is 0. The molecule has 0 heterocycles. The molecule has 0 saturated carbocycles. The van der Waals surface area contributed by atoms with Crippen molar-refractivity contribution < 1.29 is 28.6 Å². The molecule has 0 rings (SSSR count). The summed E-state index contributed by atoms with van der Waals surface area (Å²) >= 11 is 0. The zero-order chi connectivity index (χ0) is 17.2. The topological polar surface area (TPSA) is 121 Å². The first-order valence-electron chi connectivity index (χ1n) is 7.73. The average molecular weight is 335 g/mol. The molecule has 0 aromatic carbocycles. The Labute approximate surface area is 137 Å². The first-order valence-corrected chi connectivity index (χ1v) is 7.73. The maximum absolute atomic E-state index is 11.0. The molecule has 0 aliphatic heterocycles. The van der Waals surface area contributed by atoms with E-state index in [-0.39, 0.29) is 18.4 Å². The molecule has 0 radical (unpaired) electrons. The molecule has 9 nitrogen and oxygen atoms in total. The Kier molecular flexibility index (Phi) is 16.2. The van der Waals surface area contributed by atoms with Crippen molar-refractivity contribution in [1.82, 2.24) is 10.6 Å². The molecule has 4 N–H and O–H groups in total. The molecule has 0 aromatic rings. The monoisotopic (exact) mass is 335 g/mol. The van der Waals surface area contributed by atoms with Crippen molar-refractivity contribution in [3.8, 4) is 0 Å². The molecule has 0 atom stereocenters. The van der Waals surface area contributed by atoms with Gasteiger partial charge in [-0.25, -0.2) is 5.90 Å². The van der Waals surface area contributed by atoms with Gasteiger partial charge in [0.05, 0.1) is 26.4 Å². The van der Waals surface area contributed by atoms with Crippen LogP contribution in [0.3, 0.4) is 0 Å². The van der Waals surface area contributed by atoms with E-state index in [2.05, 4.69) is 15.5 Å². The Bertz CT molecular complexity index is 304. The van der Waals surface area contributed by atoms with Crippen molar-refractivity contribution in [2.45, 2.75) is 19.8 Å². The van der Waals surface area contributed by atoms with Gasteiger partial charge in [0.25, 0.3) is 0 Å². The van der Waals surface area contributed by atoms with Gasteiger partial charge in [0, 0.05) is 33.2 Å². The standard InChI is InChI=1S/C14H29N3O6/c1-13(18)16-4-2-6-20-8-10-22-11-9-21-7-3-5-17-14(19)12-23-15/h2-12,15H2,1H3,(H,16,18)(H,17,19). The van der Waals surface area contributed by atoms with Crippen molar-refractivity contribution in [2.24, 2.45) is 5.90 Å². The highest BCUT2D eigenvalue weighted by Gasteiger charge is 1.98. The molecule has 0 aliphatic rings. The summed E-state index contributed by atoms with van der Waals surface area (Å²) < 4.78 is 16.0. The number of carbonyl (C=O) groups is 2. The summed E-state index contributed by atoms with van der Waals surface area (Å²) in [6, 6.07) is 0. The molecule has 0 bridgehead atoms. The van der Waals surface area contributed by atoms with Crippen molar-refractivity contribution in [3.63, 3.8) is 0 Å². The van der Waals surface area contributed by atoms with Gasteiger partial charge in [-0.05, 0) is 12.8 Å². The molecular formula is C14H29N3O6. The van der Waals surface area contributed by atoms with E-state index in [0.29, 0.717) is 59.2 Å². The van der Waals surface area contributed by atoms with Gasteiger partial charge in [-0.15, -0.1) is 0 Å². The second-order valence-electron chi connectivity index (χ2n) is 4.69. The van der Waals surface area contributed by atoms with Crippen molar-refractivity contribution in [2.75, 3.05) is 59.3 Å².